The number of ether oxygens (including phenoxy) is 2. The van der Waals surface area contributed by atoms with Gasteiger partial charge in [0, 0.05) is 12.2 Å². The van der Waals surface area contributed by atoms with Crippen molar-refractivity contribution in [1.29, 1.82) is 0 Å². The SMILES string of the molecule is COc1ccc(CNC(=O)c2ccc(Nc3cc(C)ccc3C)nn2)cc1OC. The van der Waals surface area contributed by atoms with E-state index < -0.39 is 0 Å². The lowest BCUT2D eigenvalue weighted by atomic mass is 10.1. The van der Waals surface area contributed by atoms with Crippen LogP contribution in [-0.2, 0) is 6.54 Å². The van der Waals surface area contributed by atoms with Crippen molar-refractivity contribution in [1.82, 2.24) is 15.5 Å². The number of aromatic nitrogens is 2. The van der Waals surface area contributed by atoms with Gasteiger partial charge in [0.2, 0.25) is 0 Å². The second-order valence-electron chi connectivity index (χ2n) is 6.62. The van der Waals surface area contributed by atoms with E-state index in [0.29, 0.717) is 23.9 Å². The highest BCUT2D eigenvalue weighted by molar-refractivity contribution is 5.92. The van der Waals surface area contributed by atoms with Crippen molar-refractivity contribution in [3.05, 3.63) is 70.9 Å². The van der Waals surface area contributed by atoms with Crippen molar-refractivity contribution >= 4 is 17.4 Å². The van der Waals surface area contributed by atoms with Gasteiger partial charge in [0.05, 0.1) is 14.2 Å². The molecule has 0 spiro atoms. The Bertz CT molecular complexity index is 1000. The normalized spacial score (nSPS) is 10.3. The van der Waals surface area contributed by atoms with Crippen LogP contribution >= 0.6 is 0 Å². The van der Waals surface area contributed by atoms with Crippen molar-refractivity contribution < 1.29 is 14.3 Å². The zero-order valence-corrected chi connectivity index (χ0v) is 16.9. The fraction of sp³-hybridized carbons (Fsp3) is 0.227. The van der Waals surface area contributed by atoms with Gasteiger partial charge in [-0.2, -0.15) is 0 Å². The quantitative estimate of drug-likeness (QED) is 0.636. The Kier molecular flexibility index (Phi) is 6.29. The van der Waals surface area contributed by atoms with E-state index in [2.05, 4.69) is 26.9 Å². The van der Waals surface area contributed by atoms with Crippen molar-refractivity contribution in [2.75, 3.05) is 19.5 Å². The summed E-state index contributed by atoms with van der Waals surface area (Å²) in [5, 5.41) is 14.2. The molecule has 0 atom stereocenters. The Morgan fingerprint density at radius 3 is 2.41 bits per heavy atom. The molecule has 7 nitrogen and oxygen atoms in total. The van der Waals surface area contributed by atoms with Crippen molar-refractivity contribution in [3.63, 3.8) is 0 Å². The minimum Gasteiger partial charge on any atom is -0.493 e. The Balaban J connectivity index is 1.62. The van der Waals surface area contributed by atoms with Gasteiger partial charge in [0.25, 0.3) is 5.91 Å². The number of methoxy groups -OCH3 is 2. The number of nitrogens with one attached hydrogen (secondary N) is 2. The summed E-state index contributed by atoms with van der Waals surface area (Å²) in [6.07, 6.45) is 0. The van der Waals surface area contributed by atoms with Crippen LogP contribution < -0.4 is 20.1 Å². The molecule has 2 aromatic carbocycles. The van der Waals surface area contributed by atoms with E-state index >= 15 is 0 Å². The molecule has 3 rings (SSSR count). The molecule has 0 fully saturated rings. The number of hydrogen-bond donors (Lipinski definition) is 2. The summed E-state index contributed by atoms with van der Waals surface area (Å²) >= 11 is 0. The average molecular weight is 392 g/mol. The molecule has 0 radical (unpaired) electrons. The van der Waals surface area contributed by atoms with Gasteiger partial charge in [-0.05, 0) is 60.9 Å². The minimum absolute atomic E-state index is 0.247. The first-order chi connectivity index (χ1) is 14.0. The Labute approximate surface area is 170 Å². The zero-order chi connectivity index (χ0) is 20.8. The van der Waals surface area contributed by atoms with Crippen LogP contribution in [0.15, 0.2) is 48.5 Å². The lowest BCUT2D eigenvalue weighted by molar-refractivity contribution is 0.0945. The van der Waals surface area contributed by atoms with Crippen molar-refractivity contribution in [2.24, 2.45) is 0 Å². The predicted octanol–water partition coefficient (Wildman–Crippen LogP) is 3.78. The summed E-state index contributed by atoms with van der Waals surface area (Å²) in [7, 11) is 3.15. The van der Waals surface area contributed by atoms with Gasteiger partial charge in [0.15, 0.2) is 23.0 Å². The largest absolute Gasteiger partial charge is 0.493 e. The van der Waals surface area contributed by atoms with E-state index in [4.69, 9.17) is 9.47 Å². The third kappa shape index (κ3) is 5.01. The summed E-state index contributed by atoms with van der Waals surface area (Å²) in [5.74, 6) is 1.53. The van der Waals surface area contributed by atoms with Crippen LogP contribution in [0.3, 0.4) is 0 Å². The molecule has 0 bridgehead atoms. The summed E-state index contributed by atoms with van der Waals surface area (Å²) in [4.78, 5) is 12.4. The van der Waals surface area contributed by atoms with Gasteiger partial charge in [0.1, 0.15) is 0 Å². The lowest BCUT2D eigenvalue weighted by Gasteiger charge is -2.11. The first-order valence-corrected chi connectivity index (χ1v) is 9.17. The fourth-order valence-electron chi connectivity index (χ4n) is 2.79. The number of carbonyl (C=O) groups excluding carboxylic acids is 1. The number of amides is 1. The van der Waals surface area contributed by atoms with E-state index in [-0.39, 0.29) is 11.6 Å². The third-order valence-corrected chi connectivity index (χ3v) is 4.45. The Morgan fingerprint density at radius 1 is 0.931 bits per heavy atom. The molecular formula is C22H24N4O3. The second kappa shape index (κ2) is 9.05. The first kappa shape index (κ1) is 20.1. The molecule has 2 N–H and O–H groups in total. The molecule has 7 heteroatoms. The number of benzene rings is 2. The van der Waals surface area contributed by atoms with Crippen LogP contribution in [-0.4, -0.2) is 30.3 Å². The third-order valence-electron chi connectivity index (χ3n) is 4.45. The standard InChI is InChI=1S/C22H24N4O3/c1-14-5-6-15(2)18(11-14)24-21-10-8-17(25-26-21)22(27)23-13-16-7-9-19(28-3)20(12-16)29-4/h5-12H,13H2,1-4H3,(H,23,27)(H,24,26). The van der Waals surface area contributed by atoms with Crippen molar-refractivity contribution in [2.45, 2.75) is 20.4 Å². The van der Waals surface area contributed by atoms with E-state index in [1.807, 2.05) is 38.1 Å². The van der Waals surface area contributed by atoms with Gasteiger partial charge in [-0.3, -0.25) is 4.79 Å². The fourth-order valence-corrected chi connectivity index (χ4v) is 2.79. The smallest absolute Gasteiger partial charge is 0.272 e. The Morgan fingerprint density at radius 2 is 1.72 bits per heavy atom. The summed E-state index contributed by atoms with van der Waals surface area (Å²) < 4.78 is 10.5. The molecule has 1 amide bonds. The van der Waals surface area contributed by atoms with Crippen LogP contribution in [0.25, 0.3) is 0 Å². The molecular weight excluding hydrogens is 368 g/mol. The monoisotopic (exact) mass is 392 g/mol. The van der Waals surface area contributed by atoms with Gasteiger partial charge < -0.3 is 20.1 Å². The number of anilines is 2. The molecule has 1 heterocycles. The summed E-state index contributed by atoms with van der Waals surface area (Å²) in [5.41, 5.74) is 4.35. The molecule has 0 aliphatic carbocycles. The van der Waals surface area contributed by atoms with Crippen LogP contribution in [0.4, 0.5) is 11.5 Å². The topological polar surface area (TPSA) is 85.4 Å². The van der Waals surface area contributed by atoms with Crippen LogP contribution in [0.5, 0.6) is 11.5 Å². The van der Waals surface area contributed by atoms with E-state index in [1.165, 1.54) is 0 Å². The van der Waals surface area contributed by atoms with E-state index in [9.17, 15) is 4.79 Å². The minimum atomic E-state index is -0.300. The summed E-state index contributed by atoms with van der Waals surface area (Å²) in [6.45, 7) is 4.39. The number of nitrogens with zero attached hydrogens (tertiary/aromatic N) is 2. The van der Waals surface area contributed by atoms with Gasteiger partial charge >= 0.3 is 0 Å². The molecule has 1 aromatic heterocycles. The number of aryl methyl sites for hydroxylation is 2. The molecule has 0 aliphatic heterocycles. The van der Waals surface area contributed by atoms with Gasteiger partial charge in [-0.1, -0.05) is 18.2 Å². The highest BCUT2D eigenvalue weighted by Gasteiger charge is 2.10. The number of hydrogen-bond acceptors (Lipinski definition) is 6. The second-order valence-corrected chi connectivity index (χ2v) is 6.62. The maximum absolute atomic E-state index is 12.4. The average Bonchev–Trinajstić information content (AvgIpc) is 2.74. The Hall–Kier alpha value is -3.61. The predicted molar refractivity (Wildman–Crippen MR) is 112 cm³/mol. The van der Waals surface area contributed by atoms with Gasteiger partial charge in [-0.25, -0.2) is 0 Å². The van der Waals surface area contributed by atoms with Crippen LogP contribution in [0.1, 0.15) is 27.2 Å². The molecule has 3 aromatic rings. The zero-order valence-electron chi connectivity index (χ0n) is 16.9. The van der Waals surface area contributed by atoms with Crippen molar-refractivity contribution in [3.8, 4) is 11.5 Å². The summed E-state index contributed by atoms with van der Waals surface area (Å²) in [6, 6.07) is 15.0. The lowest BCUT2D eigenvalue weighted by Crippen LogP contribution is -2.24. The molecule has 29 heavy (non-hydrogen) atoms. The number of rotatable bonds is 7. The highest BCUT2D eigenvalue weighted by atomic mass is 16.5. The maximum atomic E-state index is 12.4. The van der Waals surface area contributed by atoms with E-state index in [0.717, 1.165) is 22.4 Å². The molecule has 0 saturated carbocycles. The highest BCUT2D eigenvalue weighted by Crippen LogP contribution is 2.27. The van der Waals surface area contributed by atoms with Crippen LogP contribution in [0.2, 0.25) is 0 Å². The maximum Gasteiger partial charge on any atom is 0.272 e. The molecule has 0 aliphatic rings. The number of carbonyl (C=O) groups is 1. The molecule has 0 saturated heterocycles. The van der Waals surface area contributed by atoms with Crippen LogP contribution in [0, 0.1) is 13.8 Å². The first-order valence-electron chi connectivity index (χ1n) is 9.17. The van der Waals surface area contributed by atoms with Gasteiger partial charge in [-0.15, -0.1) is 10.2 Å². The molecule has 150 valence electrons. The molecule has 0 unspecified atom stereocenters. The van der Waals surface area contributed by atoms with E-state index in [1.54, 1.807) is 32.4 Å².